The van der Waals surface area contributed by atoms with E-state index in [1.807, 2.05) is 56.3 Å². The molecule has 7 nitrogen and oxygen atoms in total. The number of carbonyl (C=O) groups excluding carboxylic acids is 1. The third kappa shape index (κ3) is 3.91. The normalized spacial score (nSPS) is 12.3. The fraction of sp³-hybridized carbons (Fsp3) is 0.154. The highest BCUT2D eigenvalue weighted by Crippen LogP contribution is 2.40. The van der Waals surface area contributed by atoms with Crippen molar-refractivity contribution < 1.29 is 18.1 Å². The first-order chi connectivity index (χ1) is 16.5. The number of aromatic nitrogens is 2. The molecule has 0 radical (unpaired) electrons. The molecule has 0 aliphatic carbocycles. The number of nitrogens with zero attached hydrogens (tertiary/aromatic N) is 2. The van der Waals surface area contributed by atoms with Crippen LogP contribution in [0.5, 0.6) is 0 Å². The topological polar surface area (TPSA) is 100 Å². The second kappa shape index (κ2) is 8.89. The van der Waals surface area contributed by atoms with E-state index in [0.29, 0.717) is 30.0 Å². The number of nitrogens with one attached hydrogen (secondary N) is 1. The summed E-state index contributed by atoms with van der Waals surface area (Å²) >= 11 is -2.20. The predicted octanol–water partition coefficient (Wildman–Crippen LogP) is 5.06. The van der Waals surface area contributed by atoms with E-state index in [9.17, 15) is 13.6 Å². The predicted molar refractivity (Wildman–Crippen MR) is 132 cm³/mol. The molecule has 3 aromatic carbocycles. The summed E-state index contributed by atoms with van der Waals surface area (Å²) in [6, 6.07) is 19.8. The Morgan fingerprint density at radius 2 is 1.85 bits per heavy atom. The van der Waals surface area contributed by atoms with E-state index in [1.54, 1.807) is 0 Å². The van der Waals surface area contributed by atoms with Crippen molar-refractivity contribution >= 4 is 45.0 Å². The maximum absolute atomic E-state index is 11.6. The molecule has 0 saturated carbocycles. The molecule has 172 valence electrons. The molecule has 1 N–H and O–H groups in total. The number of fused-ring (bicyclic) bond motifs is 3. The Kier molecular flexibility index (Phi) is 5.77. The number of aryl methyl sites for hydroxylation is 2. The van der Waals surface area contributed by atoms with E-state index in [0.717, 1.165) is 44.2 Å². The van der Waals surface area contributed by atoms with Crippen LogP contribution in [0.2, 0.25) is 0 Å². The summed E-state index contributed by atoms with van der Waals surface area (Å²) in [5.74, 6) is 0.620. The Balaban J connectivity index is 1.85. The van der Waals surface area contributed by atoms with Crippen LogP contribution < -0.4 is 5.32 Å². The lowest BCUT2D eigenvalue weighted by Crippen LogP contribution is -2.01. The first kappa shape index (κ1) is 22.1. The standard InChI is InChI=1S/C26H23N3O4S/c1-16-25(17(2)33-28-16)20-11-22(27-15-30)26-21-10-19(14-34(31)32)8-9-23(21)29(24(26)12-20)13-18-6-4-3-5-7-18/h3-12,15H,13-14H2,1-2H3,(H,27,30)(H,31,32)/p-1. The molecule has 0 spiro atoms. The highest BCUT2D eigenvalue weighted by Gasteiger charge is 2.20. The van der Waals surface area contributed by atoms with Gasteiger partial charge in [0, 0.05) is 34.2 Å². The summed E-state index contributed by atoms with van der Waals surface area (Å²) < 4.78 is 30.3. The first-order valence-corrected chi connectivity index (χ1v) is 12.0. The quantitative estimate of drug-likeness (QED) is 0.264. The molecular formula is C26H22N3O4S-. The maximum Gasteiger partial charge on any atom is 0.211 e. The smallest absolute Gasteiger partial charge is 0.211 e. The molecule has 0 fully saturated rings. The van der Waals surface area contributed by atoms with Crippen LogP contribution in [0.3, 0.4) is 0 Å². The molecule has 8 heteroatoms. The van der Waals surface area contributed by atoms with E-state index in [1.165, 1.54) is 0 Å². The molecule has 2 heterocycles. The van der Waals surface area contributed by atoms with Gasteiger partial charge in [0.25, 0.3) is 0 Å². The number of amides is 1. The minimum atomic E-state index is -2.20. The summed E-state index contributed by atoms with van der Waals surface area (Å²) in [6.07, 6.45) is 0.656. The summed E-state index contributed by atoms with van der Waals surface area (Å²) in [5, 5.41) is 8.68. The number of hydrogen-bond donors (Lipinski definition) is 1. The van der Waals surface area contributed by atoms with Gasteiger partial charge >= 0.3 is 0 Å². The first-order valence-electron chi connectivity index (χ1n) is 10.8. The van der Waals surface area contributed by atoms with Crippen molar-refractivity contribution in [3.05, 3.63) is 83.2 Å². The average Bonchev–Trinajstić information content (AvgIpc) is 3.30. The van der Waals surface area contributed by atoms with E-state index in [-0.39, 0.29) is 5.75 Å². The van der Waals surface area contributed by atoms with Crippen molar-refractivity contribution in [3.8, 4) is 11.1 Å². The van der Waals surface area contributed by atoms with Gasteiger partial charge in [-0.2, -0.15) is 0 Å². The van der Waals surface area contributed by atoms with E-state index >= 15 is 0 Å². The zero-order chi connectivity index (χ0) is 23.8. The van der Waals surface area contributed by atoms with Crippen molar-refractivity contribution in [1.29, 1.82) is 0 Å². The van der Waals surface area contributed by atoms with Gasteiger partial charge in [-0.3, -0.25) is 9.00 Å². The third-order valence-corrected chi connectivity index (χ3v) is 6.60. The molecule has 2 aromatic heterocycles. The Bertz CT molecular complexity index is 1530. The highest BCUT2D eigenvalue weighted by atomic mass is 32.2. The van der Waals surface area contributed by atoms with Gasteiger partial charge in [0.05, 0.1) is 16.9 Å². The van der Waals surface area contributed by atoms with Gasteiger partial charge in [0.15, 0.2) is 0 Å². The lowest BCUT2D eigenvalue weighted by molar-refractivity contribution is -0.105. The maximum atomic E-state index is 11.6. The van der Waals surface area contributed by atoms with Crippen molar-refractivity contribution in [1.82, 2.24) is 9.72 Å². The summed E-state index contributed by atoms with van der Waals surface area (Å²) in [6.45, 7) is 4.36. The SMILES string of the molecule is Cc1noc(C)c1-c1cc(NC=O)c2c3cc(CS(=O)[O-])ccc3n(Cc3ccccc3)c2c1. The fourth-order valence-electron chi connectivity index (χ4n) is 4.65. The monoisotopic (exact) mass is 472 g/mol. The van der Waals surface area contributed by atoms with Gasteiger partial charge in [-0.1, -0.05) is 52.6 Å². The molecule has 0 aliphatic rings. The Labute approximate surface area is 198 Å². The van der Waals surface area contributed by atoms with Crippen LogP contribution in [0.1, 0.15) is 22.6 Å². The van der Waals surface area contributed by atoms with Crippen LogP contribution in [0, 0.1) is 13.8 Å². The molecule has 5 aromatic rings. The fourth-order valence-corrected chi connectivity index (χ4v) is 5.10. The van der Waals surface area contributed by atoms with E-state index in [4.69, 9.17) is 4.52 Å². The third-order valence-electron chi connectivity index (χ3n) is 6.03. The number of anilines is 1. The number of rotatable bonds is 7. The average molecular weight is 473 g/mol. The van der Waals surface area contributed by atoms with Crippen LogP contribution in [0.15, 0.2) is 65.2 Å². The van der Waals surface area contributed by atoms with Gasteiger partial charge in [-0.05, 0) is 54.8 Å². The van der Waals surface area contributed by atoms with Crippen LogP contribution >= 0.6 is 0 Å². The Hall–Kier alpha value is -3.75. The molecule has 1 unspecified atom stereocenters. The lowest BCUT2D eigenvalue weighted by atomic mass is 10.00. The molecule has 5 rings (SSSR count). The largest absolute Gasteiger partial charge is 0.772 e. The molecular weight excluding hydrogens is 450 g/mol. The van der Waals surface area contributed by atoms with Crippen molar-refractivity contribution in [2.45, 2.75) is 26.1 Å². The van der Waals surface area contributed by atoms with Gasteiger partial charge in [-0.15, -0.1) is 0 Å². The van der Waals surface area contributed by atoms with Crippen LogP contribution in [0.4, 0.5) is 5.69 Å². The summed E-state index contributed by atoms with van der Waals surface area (Å²) in [7, 11) is 0. The number of hydrogen-bond acceptors (Lipinski definition) is 5. The van der Waals surface area contributed by atoms with Gasteiger partial charge in [0.1, 0.15) is 5.76 Å². The van der Waals surface area contributed by atoms with Crippen LogP contribution in [0.25, 0.3) is 32.9 Å². The second-order valence-corrected chi connectivity index (χ2v) is 9.15. The van der Waals surface area contributed by atoms with Gasteiger partial charge in [0.2, 0.25) is 6.41 Å². The van der Waals surface area contributed by atoms with E-state index < -0.39 is 11.1 Å². The Morgan fingerprint density at radius 1 is 1.06 bits per heavy atom. The number of benzene rings is 3. The Morgan fingerprint density at radius 3 is 2.53 bits per heavy atom. The minimum Gasteiger partial charge on any atom is -0.772 e. The van der Waals surface area contributed by atoms with Crippen LogP contribution in [-0.4, -0.2) is 24.9 Å². The summed E-state index contributed by atoms with van der Waals surface area (Å²) in [5.41, 5.74) is 6.84. The molecule has 0 saturated heterocycles. The second-order valence-electron chi connectivity index (χ2n) is 8.25. The molecule has 34 heavy (non-hydrogen) atoms. The van der Waals surface area contributed by atoms with Crippen molar-refractivity contribution in [2.24, 2.45) is 0 Å². The van der Waals surface area contributed by atoms with Gasteiger partial charge < -0.3 is 19.0 Å². The molecule has 1 amide bonds. The summed E-state index contributed by atoms with van der Waals surface area (Å²) in [4.78, 5) is 11.6. The van der Waals surface area contributed by atoms with E-state index in [2.05, 4.69) is 33.2 Å². The van der Waals surface area contributed by atoms with Crippen molar-refractivity contribution in [2.75, 3.05) is 5.32 Å². The van der Waals surface area contributed by atoms with Gasteiger partial charge in [-0.25, -0.2) is 0 Å². The lowest BCUT2D eigenvalue weighted by Gasteiger charge is -2.11. The zero-order valence-electron chi connectivity index (χ0n) is 18.7. The van der Waals surface area contributed by atoms with Crippen LogP contribution in [-0.2, 0) is 28.2 Å². The van der Waals surface area contributed by atoms with Crippen molar-refractivity contribution in [3.63, 3.8) is 0 Å². The molecule has 0 aliphatic heterocycles. The molecule has 0 bridgehead atoms. The zero-order valence-corrected chi connectivity index (χ0v) is 19.5. The highest BCUT2D eigenvalue weighted by molar-refractivity contribution is 7.78. The minimum absolute atomic E-state index is 0.0745. The molecule has 1 atom stereocenters. The number of carbonyl (C=O) groups is 1.